The van der Waals surface area contributed by atoms with Gasteiger partial charge in [-0.3, -0.25) is 4.79 Å². The predicted molar refractivity (Wildman–Crippen MR) is 92.3 cm³/mol. The molecule has 0 aliphatic heterocycles. The fourth-order valence-corrected chi connectivity index (χ4v) is 3.34. The average Bonchev–Trinajstić information content (AvgIpc) is 2.53. The van der Waals surface area contributed by atoms with Crippen molar-refractivity contribution in [2.24, 2.45) is 0 Å². The molecule has 2 N–H and O–H groups in total. The van der Waals surface area contributed by atoms with Gasteiger partial charge in [-0.05, 0) is 51.8 Å². The molecule has 2 aromatic carbocycles. The van der Waals surface area contributed by atoms with Crippen LogP contribution in [0.25, 0.3) is 0 Å². The van der Waals surface area contributed by atoms with Crippen LogP contribution < -0.4 is 5.32 Å². The van der Waals surface area contributed by atoms with Crippen LogP contribution in [0.4, 0.5) is 10.1 Å². The molecule has 0 aliphatic carbocycles. The molecule has 0 saturated heterocycles. The van der Waals surface area contributed by atoms with E-state index in [-0.39, 0.29) is 33.0 Å². The summed E-state index contributed by atoms with van der Waals surface area (Å²) < 4.78 is 37.2. The molecule has 0 fully saturated rings. The Balaban J connectivity index is 2.19. The van der Waals surface area contributed by atoms with Crippen molar-refractivity contribution in [3.8, 4) is 5.75 Å². The van der Waals surface area contributed by atoms with Crippen LogP contribution >= 0.6 is 15.9 Å². The van der Waals surface area contributed by atoms with Crippen molar-refractivity contribution >= 4 is 37.4 Å². The fourth-order valence-electron chi connectivity index (χ4n) is 2.00. The highest BCUT2D eigenvalue weighted by molar-refractivity contribution is 9.10. The molecule has 0 saturated carbocycles. The largest absolute Gasteiger partial charge is 0.506 e. The van der Waals surface area contributed by atoms with E-state index in [0.29, 0.717) is 5.56 Å². The lowest BCUT2D eigenvalue weighted by molar-refractivity contribution is -0.115. The number of sulfone groups is 1. The third-order valence-electron chi connectivity index (χ3n) is 3.33. The van der Waals surface area contributed by atoms with Crippen molar-refractivity contribution in [1.82, 2.24) is 0 Å². The Hall–Kier alpha value is -1.93. The van der Waals surface area contributed by atoms with E-state index in [2.05, 4.69) is 21.2 Å². The Morgan fingerprint density at radius 2 is 1.96 bits per heavy atom. The molecule has 2 rings (SSSR count). The van der Waals surface area contributed by atoms with E-state index in [0.717, 1.165) is 0 Å². The van der Waals surface area contributed by atoms with E-state index in [1.165, 1.54) is 43.3 Å². The molecule has 5 nitrogen and oxygen atoms in total. The minimum Gasteiger partial charge on any atom is -0.506 e. The fraction of sp³-hybridized carbons (Fsp3) is 0.188. The average molecular weight is 416 g/mol. The van der Waals surface area contributed by atoms with Crippen molar-refractivity contribution < 1.29 is 22.7 Å². The summed E-state index contributed by atoms with van der Waals surface area (Å²) in [5.74, 6) is -1.22. The molecule has 0 bridgehead atoms. The van der Waals surface area contributed by atoms with Crippen molar-refractivity contribution in [3.63, 3.8) is 0 Å². The van der Waals surface area contributed by atoms with Gasteiger partial charge >= 0.3 is 0 Å². The first-order valence-electron chi connectivity index (χ1n) is 7.02. The number of halogens is 2. The van der Waals surface area contributed by atoms with Crippen LogP contribution in [-0.4, -0.2) is 25.2 Å². The molecule has 0 radical (unpaired) electrons. The van der Waals surface area contributed by atoms with Gasteiger partial charge in [-0.15, -0.1) is 0 Å². The second-order valence-corrected chi connectivity index (χ2v) is 8.19. The summed E-state index contributed by atoms with van der Waals surface area (Å²) in [6.45, 7) is 1.51. The molecule has 0 atom stereocenters. The number of amides is 1. The molecule has 0 spiro atoms. The van der Waals surface area contributed by atoms with Gasteiger partial charge < -0.3 is 10.4 Å². The third-order valence-corrected chi connectivity index (χ3v) is 5.67. The van der Waals surface area contributed by atoms with Gasteiger partial charge in [0.1, 0.15) is 11.6 Å². The molecule has 2 aromatic rings. The number of nitrogens with one attached hydrogen (secondary N) is 1. The highest BCUT2D eigenvalue weighted by atomic mass is 79.9. The number of carbonyl (C=O) groups excluding carboxylic acids is 1. The van der Waals surface area contributed by atoms with E-state index in [9.17, 15) is 22.7 Å². The zero-order valence-electron chi connectivity index (χ0n) is 12.7. The maximum absolute atomic E-state index is 13.2. The molecule has 128 valence electrons. The van der Waals surface area contributed by atoms with E-state index in [1.54, 1.807) is 0 Å². The Morgan fingerprint density at radius 1 is 1.25 bits per heavy atom. The molecule has 24 heavy (non-hydrogen) atoms. The number of carbonyl (C=O) groups is 1. The normalized spacial score (nSPS) is 11.3. The summed E-state index contributed by atoms with van der Waals surface area (Å²) in [5, 5.41) is 12.3. The van der Waals surface area contributed by atoms with Gasteiger partial charge in [0.25, 0.3) is 0 Å². The smallest absolute Gasteiger partial charge is 0.228 e. The Bertz CT molecular complexity index is 884. The Morgan fingerprint density at radius 3 is 2.58 bits per heavy atom. The number of hydrogen-bond acceptors (Lipinski definition) is 4. The second kappa shape index (κ2) is 7.31. The van der Waals surface area contributed by atoms with E-state index >= 15 is 0 Å². The quantitative estimate of drug-likeness (QED) is 0.733. The van der Waals surface area contributed by atoms with Crippen LogP contribution in [-0.2, 0) is 21.1 Å². The summed E-state index contributed by atoms with van der Waals surface area (Å²) in [6, 6.07) is 7.89. The van der Waals surface area contributed by atoms with Gasteiger partial charge in [0.05, 0.1) is 27.2 Å². The monoisotopic (exact) mass is 415 g/mol. The van der Waals surface area contributed by atoms with Crippen LogP contribution in [0.2, 0.25) is 0 Å². The number of rotatable bonds is 5. The maximum Gasteiger partial charge on any atom is 0.228 e. The second-order valence-electron chi connectivity index (χ2n) is 5.06. The van der Waals surface area contributed by atoms with Crippen molar-refractivity contribution in [2.75, 3.05) is 11.1 Å². The minimum atomic E-state index is -3.45. The highest BCUT2D eigenvalue weighted by Gasteiger charge is 2.15. The van der Waals surface area contributed by atoms with Gasteiger partial charge in [-0.25, -0.2) is 12.8 Å². The Labute approximate surface area is 147 Å². The number of phenols is 1. The molecule has 0 aromatic heterocycles. The van der Waals surface area contributed by atoms with Crippen LogP contribution in [0, 0.1) is 5.82 Å². The number of aromatic hydroxyl groups is 1. The van der Waals surface area contributed by atoms with Gasteiger partial charge in [0.15, 0.2) is 9.84 Å². The third kappa shape index (κ3) is 4.33. The number of hydrogen-bond donors (Lipinski definition) is 2. The van der Waals surface area contributed by atoms with E-state index in [1.807, 2.05) is 0 Å². The first kappa shape index (κ1) is 18.4. The maximum atomic E-state index is 13.2. The molecule has 0 unspecified atom stereocenters. The van der Waals surface area contributed by atoms with E-state index in [4.69, 9.17) is 0 Å². The molecule has 1 amide bonds. The Kier molecular flexibility index (Phi) is 5.61. The summed E-state index contributed by atoms with van der Waals surface area (Å²) in [7, 11) is -3.45. The zero-order chi connectivity index (χ0) is 17.9. The molecular weight excluding hydrogens is 401 g/mol. The summed E-state index contributed by atoms with van der Waals surface area (Å²) in [4.78, 5) is 12.1. The number of phenolic OH excluding ortho intramolecular Hbond substituents is 1. The van der Waals surface area contributed by atoms with Crippen LogP contribution in [0.15, 0.2) is 45.8 Å². The van der Waals surface area contributed by atoms with Crippen molar-refractivity contribution in [1.29, 1.82) is 0 Å². The summed E-state index contributed by atoms with van der Waals surface area (Å²) >= 11 is 3.04. The van der Waals surface area contributed by atoms with Crippen LogP contribution in [0.5, 0.6) is 5.75 Å². The standard InChI is InChI=1S/C16H15BrFNO4S/c1-2-24(22,23)11-4-6-15(20)14(9-11)19-16(21)8-10-3-5-13(18)12(17)7-10/h3-7,9,20H,2,8H2,1H3,(H,19,21). The first-order chi connectivity index (χ1) is 11.2. The molecule has 8 heteroatoms. The summed E-state index contributed by atoms with van der Waals surface area (Å²) in [5.41, 5.74) is 0.577. The molecular formula is C16H15BrFNO4S. The predicted octanol–water partition coefficient (Wildman–Crippen LogP) is 3.27. The highest BCUT2D eigenvalue weighted by Crippen LogP contribution is 2.27. The first-order valence-corrected chi connectivity index (χ1v) is 9.47. The number of benzene rings is 2. The molecule has 0 aliphatic rings. The van der Waals surface area contributed by atoms with Gasteiger partial charge in [-0.2, -0.15) is 0 Å². The van der Waals surface area contributed by atoms with Gasteiger partial charge in [0, 0.05) is 0 Å². The van der Waals surface area contributed by atoms with Crippen LogP contribution in [0.3, 0.4) is 0 Å². The van der Waals surface area contributed by atoms with Gasteiger partial charge in [0.2, 0.25) is 5.91 Å². The lowest BCUT2D eigenvalue weighted by atomic mass is 10.1. The van der Waals surface area contributed by atoms with E-state index < -0.39 is 21.6 Å². The van der Waals surface area contributed by atoms with Gasteiger partial charge in [-0.1, -0.05) is 13.0 Å². The number of anilines is 1. The lowest BCUT2D eigenvalue weighted by Gasteiger charge is -2.10. The molecule has 0 heterocycles. The minimum absolute atomic E-state index is 0.00991. The summed E-state index contributed by atoms with van der Waals surface area (Å²) in [6.07, 6.45) is -0.0525. The lowest BCUT2D eigenvalue weighted by Crippen LogP contribution is -2.15. The van der Waals surface area contributed by atoms with Crippen LogP contribution in [0.1, 0.15) is 12.5 Å². The zero-order valence-corrected chi connectivity index (χ0v) is 15.1. The van der Waals surface area contributed by atoms with Crippen molar-refractivity contribution in [3.05, 3.63) is 52.3 Å². The van der Waals surface area contributed by atoms with Crippen molar-refractivity contribution in [2.45, 2.75) is 18.2 Å². The SMILES string of the molecule is CCS(=O)(=O)c1ccc(O)c(NC(=O)Cc2ccc(F)c(Br)c2)c1. The topological polar surface area (TPSA) is 83.5 Å².